The smallest absolute Gasteiger partial charge is 0.222 e. The van der Waals surface area contributed by atoms with E-state index in [1.807, 2.05) is 23.1 Å². The van der Waals surface area contributed by atoms with Crippen LogP contribution in [0.2, 0.25) is 0 Å². The first-order valence-corrected chi connectivity index (χ1v) is 8.74. The number of halogens is 1. The molecule has 130 valence electrons. The van der Waals surface area contributed by atoms with Crippen molar-refractivity contribution in [3.8, 4) is 0 Å². The van der Waals surface area contributed by atoms with Gasteiger partial charge in [-0.1, -0.05) is 63.4 Å². The van der Waals surface area contributed by atoms with E-state index >= 15 is 0 Å². The molecule has 1 fully saturated rings. The highest BCUT2D eigenvalue weighted by molar-refractivity contribution is 5.85. The minimum absolute atomic E-state index is 0. The number of hydrogen-bond donors (Lipinski definition) is 1. The summed E-state index contributed by atoms with van der Waals surface area (Å²) in [5, 5.41) is 0. The van der Waals surface area contributed by atoms with Gasteiger partial charge in [0.1, 0.15) is 0 Å². The molecule has 0 aliphatic carbocycles. The van der Waals surface area contributed by atoms with E-state index in [1.165, 1.54) is 24.8 Å². The molecule has 0 bridgehead atoms. The van der Waals surface area contributed by atoms with Crippen molar-refractivity contribution in [2.24, 2.45) is 11.7 Å². The molecule has 1 aromatic carbocycles. The van der Waals surface area contributed by atoms with E-state index in [1.54, 1.807) is 0 Å². The summed E-state index contributed by atoms with van der Waals surface area (Å²) in [5.74, 6) is 1.09. The van der Waals surface area contributed by atoms with Crippen molar-refractivity contribution in [1.29, 1.82) is 0 Å². The van der Waals surface area contributed by atoms with Crippen LogP contribution in [0.1, 0.15) is 57.4 Å². The molecule has 1 aliphatic heterocycles. The lowest BCUT2D eigenvalue weighted by Gasteiger charge is -2.20. The highest BCUT2D eigenvalue weighted by Crippen LogP contribution is 2.28. The molecule has 2 N–H and O–H groups in total. The molecule has 1 amide bonds. The number of hydrogen-bond acceptors (Lipinski definition) is 2. The molecule has 4 heteroatoms. The topological polar surface area (TPSA) is 46.3 Å². The number of unbranched alkanes of at least 4 members (excludes halogenated alkanes) is 1. The van der Waals surface area contributed by atoms with Crippen LogP contribution in [0.4, 0.5) is 0 Å². The molecule has 3 nitrogen and oxygen atoms in total. The molecule has 3 atom stereocenters. The summed E-state index contributed by atoms with van der Waals surface area (Å²) >= 11 is 0. The second-order valence-corrected chi connectivity index (χ2v) is 6.60. The van der Waals surface area contributed by atoms with Crippen molar-refractivity contribution >= 4 is 18.3 Å². The van der Waals surface area contributed by atoms with Crippen LogP contribution in [0.3, 0.4) is 0 Å². The summed E-state index contributed by atoms with van der Waals surface area (Å²) in [6.07, 6.45) is 5.37. The summed E-state index contributed by atoms with van der Waals surface area (Å²) in [4.78, 5) is 14.6. The maximum atomic E-state index is 12.6. The Morgan fingerprint density at radius 1 is 1.26 bits per heavy atom. The molecule has 0 saturated carbocycles. The van der Waals surface area contributed by atoms with Crippen molar-refractivity contribution in [3.63, 3.8) is 0 Å². The van der Waals surface area contributed by atoms with Gasteiger partial charge in [0.2, 0.25) is 5.91 Å². The van der Waals surface area contributed by atoms with E-state index < -0.39 is 0 Å². The number of amides is 1. The fourth-order valence-corrected chi connectivity index (χ4v) is 3.40. The van der Waals surface area contributed by atoms with Crippen LogP contribution in [0.25, 0.3) is 0 Å². The zero-order valence-corrected chi connectivity index (χ0v) is 15.2. The van der Waals surface area contributed by atoms with Crippen molar-refractivity contribution in [2.75, 3.05) is 13.1 Å². The molecule has 1 aromatic rings. The van der Waals surface area contributed by atoms with Gasteiger partial charge >= 0.3 is 0 Å². The van der Waals surface area contributed by atoms with Crippen molar-refractivity contribution in [1.82, 2.24) is 4.90 Å². The standard InChI is InChI=1S/C19H30N2O.ClH/c1-3-5-9-15(4-2)12-19(22)21-13-17(18(20)14-21)16-10-7-6-8-11-16;/h6-8,10-11,15,17-18H,3-5,9,12-14,20H2,1-2H3;1H/t15?,17-,18+;/m0./s1. The predicted octanol–water partition coefficient (Wildman–Crippen LogP) is 3.97. The molecule has 1 unspecified atom stereocenters. The zero-order chi connectivity index (χ0) is 15.9. The van der Waals surface area contributed by atoms with Gasteiger partial charge in [0.05, 0.1) is 0 Å². The van der Waals surface area contributed by atoms with E-state index in [9.17, 15) is 4.79 Å². The van der Waals surface area contributed by atoms with Crippen molar-refractivity contribution in [2.45, 2.75) is 57.9 Å². The highest BCUT2D eigenvalue weighted by Gasteiger charge is 2.34. The minimum atomic E-state index is 0. The average Bonchev–Trinajstić information content (AvgIpc) is 2.94. The first kappa shape index (κ1) is 20.0. The molecule has 0 spiro atoms. The first-order valence-electron chi connectivity index (χ1n) is 8.74. The van der Waals surface area contributed by atoms with E-state index in [-0.39, 0.29) is 30.3 Å². The Kier molecular flexibility index (Phi) is 8.64. The third-order valence-electron chi connectivity index (χ3n) is 4.95. The van der Waals surface area contributed by atoms with Gasteiger partial charge in [0.25, 0.3) is 0 Å². The number of nitrogens with two attached hydrogens (primary N) is 1. The second-order valence-electron chi connectivity index (χ2n) is 6.60. The van der Waals surface area contributed by atoms with Crippen LogP contribution in [0.5, 0.6) is 0 Å². The normalized spacial score (nSPS) is 21.8. The zero-order valence-electron chi connectivity index (χ0n) is 14.4. The monoisotopic (exact) mass is 338 g/mol. The third-order valence-corrected chi connectivity index (χ3v) is 4.95. The molecule has 23 heavy (non-hydrogen) atoms. The van der Waals surface area contributed by atoms with Gasteiger partial charge in [-0.25, -0.2) is 0 Å². The summed E-state index contributed by atoms with van der Waals surface area (Å²) < 4.78 is 0. The van der Waals surface area contributed by atoms with Crippen LogP contribution in [-0.4, -0.2) is 29.9 Å². The minimum Gasteiger partial charge on any atom is -0.340 e. The lowest BCUT2D eigenvalue weighted by atomic mass is 9.95. The first-order chi connectivity index (χ1) is 10.7. The second kappa shape index (κ2) is 9.94. The Balaban J connectivity index is 0.00000264. The van der Waals surface area contributed by atoms with Gasteiger partial charge in [0.15, 0.2) is 0 Å². The summed E-state index contributed by atoms with van der Waals surface area (Å²) in [7, 11) is 0. The van der Waals surface area contributed by atoms with Crippen LogP contribution in [0.15, 0.2) is 30.3 Å². The molecule has 0 aromatic heterocycles. The SMILES string of the molecule is CCCCC(CC)CC(=O)N1C[C@@H](N)[C@H](c2ccccc2)C1.Cl. The maximum absolute atomic E-state index is 12.6. The van der Waals surface area contributed by atoms with Crippen LogP contribution in [-0.2, 0) is 4.79 Å². The molecule has 2 rings (SSSR count). The summed E-state index contributed by atoms with van der Waals surface area (Å²) in [5.41, 5.74) is 7.54. The van der Waals surface area contributed by atoms with Gasteiger partial charge in [-0.2, -0.15) is 0 Å². The Bertz CT molecular complexity index is 466. The number of nitrogens with zero attached hydrogens (tertiary/aromatic N) is 1. The van der Waals surface area contributed by atoms with Gasteiger partial charge < -0.3 is 10.6 Å². The lowest BCUT2D eigenvalue weighted by Crippen LogP contribution is -2.33. The lowest BCUT2D eigenvalue weighted by molar-refractivity contribution is -0.131. The summed E-state index contributed by atoms with van der Waals surface area (Å²) in [6.45, 7) is 5.87. The van der Waals surface area contributed by atoms with Crippen LogP contribution in [0, 0.1) is 5.92 Å². The predicted molar refractivity (Wildman–Crippen MR) is 98.9 cm³/mol. The number of benzene rings is 1. The van der Waals surface area contributed by atoms with E-state index in [4.69, 9.17) is 5.73 Å². The Labute approximate surface area is 147 Å². The van der Waals surface area contributed by atoms with Gasteiger partial charge in [-0.3, -0.25) is 4.79 Å². The van der Waals surface area contributed by atoms with E-state index in [0.29, 0.717) is 18.9 Å². The van der Waals surface area contributed by atoms with E-state index in [2.05, 4.69) is 26.0 Å². The van der Waals surface area contributed by atoms with Crippen LogP contribution >= 0.6 is 12.4 Å². The van der Waals surface area contributed by atoms with E-state index in [0.717, 1.165) is 13.0 Å². The van der Waals surface area contributed by atoms with Gasteiger partial charge in [0, 0.05) is 31.5 Å². The average molecular weight is 339 g/mol. The molecule has 0 radical (unpaired) electrons. The largest absolute Gasteiger partial charge is 0.340 e. The highest BCUT2D eigenvalue weighted by atomic mass is 35.5. The Morgan fingerprint density at radius 2 is 1.96 bits per heavy atom. The number of carbonyl (C=O) groups is 1. The number of rotatable bonds is 7. The van der Waals surface area contributed by atoms with Gasteiger partial charge in [-0.05, 0) is 17.9 Å². The van der Waals surface area contributed by atoms with Crippen molar-refractivity contribution in [3.05, 3.63) is 35.9 Å². The molecule has 1 saturated heterocycles. The Hall–Kier alpha value is -1.06. The molecular weight excluding hydrogens is 308 g/mol. The molecule has 1 heterocycles. The van der Waals surface area contributed by atoms with Gasteiger partial charge in [-0.15, -0.1) is 12.4 Å². The third kappa shape index (κ3) is 5.50. The maximum Gasteiger partial charge on any atom is 0.222 e. The van der Waals surface area contributed by atoms with Crippen LogP contribution < -0.4 is 5.73 Å². The quantitative estimate of drug-likeness (QED) is 0.817. The number of carbonyl (C=O) groups excluding carboxylic acids is 1. The molecular formula is C19H31ClN2O. The fourth-order valence-electron chi connectivity index (χ4n) is 3.40. The Morgan fingerprint density at radius 3 is 2.57 bits per heavy atom. The number of likely N-dealkylation sites (tertiary alicyclic amines) is 1. The van der Waals surface area contributed by atoms with Crippen molar-refractivity contribution < 1.29 is 4.79 Å². The fraction of sp³-hybridized carbons (Fsp3) is 0.632. The summed E-state index contributed by atoms with van der Waals surface area (Å²) in [6, 6.07) is 10.4. The molecule has 1 aliphatic rings.